The van der Waals surface area contributed by atoms with Crippen LogP contribution in [0.5, 0.6) is 5.75 Å². The summed E-state index contributed by atoms with van der Waals surface area (Å²) < 4.78 is 5.00. The Hall–Kier alpha value is -1.79. The minimum atomic E-state index is -3.81. The van der Waals surface area contributed by atoms with Gasteiger partial charge in [-0.2, -0.15) is 0 Å². The van der Waals surface area contributed by atoms with E-state index in [9.17, 15) is 19.9 Å². The zero-order valence-corrected chi connectivity index (χ0v) is 13.4. The van der Waals surface area contributed by atoms with E-state index in [2.05, 4.69) is 11.8 Å². The highest BCUT2D eigenvalue weighted by Gasteiger charge is 2.17. The van der Waals surface area contributed by atoms with Crippen LogP contribution in [0.3, 0.4) is 0 Å². The first kappa shape index (κ1) is 16.6. The van der Waals surface area contributed by atoms with Gasteiger partial charge in [0.25, 0.3) is 5.69 Å². The molecule has 0 fully saturated rings. The minimum Gasteiger partial charge on any atom is -0.424 e. The molecule has 0 spiro atoms. The van der Waals surface area contributed by atoms with Crippen LogP contribution >= 0.6 is 6.72 Å². The minimum absolute atomic E-state index is 0.00709. The predicted octanol–water partition coefficient (Wildman–Crippen LogP) is 3.41. The largest absolute Gasteiger partial charge is 0.424 e. The average molecular weight is 339 g/mol. The molecule has 116 valence electrons. The Balaban J connectivity index is 2.51. The third kappa shape index (κ3) is 3.90. The first-order chi connectivity index (χ1) is 10.3. The Bertz CT molecular complexity index is 759. The van der Waals surface area contributed by atoms with Crippen LogP contribution in [0, 0.1) is 10.1 Å². The van der Waals surface area contributed by atoms with Crippen LogP contribution in [0.2, 0.25) is 0 Å². The summed E-state index contributed by atoms with van der Waals surface area (Å²) in [5, 5.41) is 11.1. The molecule has 22 heavy (non-hydrogen) atoms. The van der Waals surface area contributed by atoms with Gasteiger partial charge in [-0.1, -0.05) is 25.1 Å². The summed E-state index contributed by atoms with van der Waals surface area (Å²) in [6.07, 6.45) is 0.555. The van der Waals surface area contributed by atoms with Gasteiger partial charge in [0, 0.05) is 17.9 Å². The lowest BCUT2D eigenvalue weighted by atomic mass is 10.00. The number of rotatable bonds is 5. The first-order valence-electron chi connectivity index (χ1n) is 6.43. The van der Waals surface area contributed by atoms with E-state index in [1.54, 1.807) is 36.4 Å². The van der Waals surface area contributed by atoms with Gasteiger partial charge in [0.05, 0.1) is 10.5 Å². The van der Waals surface area contributed by atoms with Crippen LogP contribution in [0.25, 0.3) is 11.1 Å². The lowest BCUT2D eigenvalue weighted by Crippen LogP contribution is -1.96. The number of hydrogen-bond donors (Lipinski definition) is 2. The van der Waals surface area contributed by atoms with Gasteiger partial charge in [-0.05, 0) is 35.7 Å². The number of nitro groups is 1. The fraction of sp³-hybridized carbons (Fsp3) is 0.143. The van der Waals surface area contributed by atoms with E-state index >= 15 is 0 Å². The van der Waals surface area contributed by atoms with E-state index < -0.39 is 11.6 Å². The molecule has 0 aliphatic carbocycles. The second-order valence-electron chi connectivity index (χ2n) is 4.53. The van der Waals surface area contributed by atoms with Crippen molar-refractivity contribution in [3.05, 3.63) is 58.1 Å². The molecule has 0 saturated heterocycles. The fourth-order valence-corrected chi connectivity index (χ4v) is 2.79. The SMILES string of the molecule is CCc1cc(-c2ccccc2[N+](=O)[O-])ccc1OP(O)(O)=S. The van der Waals surface area contributed by atoms with Gasteiger partial charge in [-0.25, -0.2) is 0 Å². The third-order valence-electron chi connectivity index (χ3n) is 3.07. The predicted molar refractivity (Wildman–Crippen MR) is 87.3 cm³/mol. The van der Waals surface area contributed by atoms with Crippen LogP contribution in [0.1, 0.15) is 12.5 Å². The molecule has 0 unspecified atom stereocenters. The molecule has 0 heterocycles. The molecule has 0 saturated carbocycles. The fourth-order valence-electron chi connectivity index (χ4n) is 2.12. The van der Waals surface area contributed by atoms with Crippen molar-refractivity contribution in [1.82, 2.24) is 0 Å². The Morgan fingerprint density at radius 3 is 2.55 bits per heavy atom. The van der Waals surface area contributed by atoms with Gasteiger partial charge in [-0.15, -0.1) is 0 Å². The first-order valence-corrected chi connectivity index (χ1v) is 9.06. The number of benzene rings is 2. The zero-order valence-electron chi connectivity index (χ0n) is 11.7. The molecule has 0 aliphatic rings. The summed E-state index contributed by atoms with van der Waals surface area (Å²) in [5.74, 6) is 0.276. The molecule has 2 rings (SSSR count). The van der Waals surface area contributed by atoms with E-state index in [1.165, 1.54) is 6.07 Å². The highest BCUT2D eigenvalue weighted by atomic mass is 32.5. The van der Waals surface area contributed by atoms with Crippen molar-refractivity contribution in [3.63, 3.8) is 0 Å². The zero-order chi connectivity index (χ0) is 16.3. The quantitative estimate of drug-likeness (QED) is 0.493. The van der Waals surface area contributed by atoms with Gasteiger partial charge in [0.2, 0.25) is 0 Å². The number of nitro benzene ring substituents is 1. The normalized spacial score (nSPS) is 11.2. The molecule has 2 aromatic rings. The molecule has 0 aromatic heterocycles. The molecular weight excluding hydrogens is 325 g/mol. The maximum absolute atomic E-state index is 11.1. The molecule has 0 aliphatic heterocycles. The van der Waals surface area contributed by atoms with Gasteiger partial charge in [0.1, 0.15) is 5.75 Å². The second kappa shape index (κ2) is 6.54. The van der Waals surface area contributed by atoms with Gasteiger partial charge in [0.15, 0.2) is 0 Å². The van der Waals surface area contributed by atoms with E-state index in [1.807, 2.05) is 6.92 Å². The molecule has 8 heteroatoms. The van der Waals surface area contributed by atoms with Crippen LogP contribution < -0.4 is 4.52 Å². The Kier molecular flexibility index (Phi) is 4.93. The average Bonchev–Trinajstić information content (AvgIpc) is 2.46. The number of para-hydroxylation sites is 1. The van der Waals surface area contributed by atoms with Crippen LogP contribution in [-0.4, -0.2) is 14.7 Å². The van der Waals surface area contributed by atoms with Crippen molar-refractivity contribution >= 4 is 24.2 Å². The monoisotopic (exact) mass is 339 g/mol. The molecule has 0 atom stereocenters. The van der Waals surface area contributed by atoms with Gasteiger partial charge < -0.3 is 14.3 Å². The molecule has 0 radical (unpaired) electrons. The van der Waals surface area contributed by atoms with E-state index in [0.29, 0.717) is 23.1 Å². The Labute approximate surface area is 132 Å². The lowest BCUT2D eigenvalue weighted by Gasteiger charge is -2.14. The van der Waals surface area contributed by atoms with Crippen molar-refractivity contribution in [3.8, 4) is 16.9 Å². The van der Waals surface area contributed by atoms with Crippen LogP contribution in [0.4, 0.5) is 5.69 Å². The van der Waals surface area contributed by atoms with E-state index in [4.69, 9.17) is 4.52 Å². The topological polar surface area (TPSA) is 92.8 Å². The van der Waals surface area contributed by atoms with E-state index in [0.717, 1.165) is 0 Å². The standard InChI is InChI=1S/C14H14NO5PS/c1-2-10-9-11(7-8-14(10)20-21(18,19)22)12-5-3-4-6-13(12)15(16)17/h3-9H,2H2,1H3,(H2,18,19,22). The van der Waals surface area contributed by atoms with Crippen LogP contribution in [0.15, 0.2) is 42.5 Å². The highest BCUT2D eigenvalue weighted by Crippen LogP contribution is 2.41. The van der Waals surface area contributed by atoms with Gasteiger partial charge >= 0.3 is 6.72 Å². The summed E-state index contributed by atoms with van der Waals surface area (Å²) >= 11 is 4.47. The van der Waals surface area contributed by atoms with Gasteiger partial charge in [-0.3, -0.25) is 10.1 Å². The number of hydrogen-bond acceptors (Lipinski definition) is 4. The smallest absolute Gasteiger partial charge is 0.375 e. The molecule has 0 amide bonds. The van der Waals surface area contributed by atoms with Crippen molar-refractivity contribution in [2.75, 3.05) is 0 Å². The summed E-state index contributed by atoms with van der Waals surface area (Å²) in [5.41, 5.74) is 1.84. The summed E-state index contributed by atoms with van der Waals surface area (Å²) in [7, 11) is 0. The molecule has 0 bridgehead atoms. The van der Waals surface area contributed by atoms with Crippen molar-refractivity contribution in [1.29, 1.82) is 0 Å². The number of aryl methyl sites for hydroxylation is 1. The second-order valence-corrected chi connectivity index (χ2v) is 7.12. The maximum atomic E-state index is 11.1. The third-order valence-corrected chi connectivity index (χ3v) is 3.73. The summed E-state index contributed by atoms with van der Waals surface area (Å²) in [4.78, 5) is 29.2. The van der Waals surface area contributed by atoms with Crippen molar-refractivity contribution < 1.29 is 19.2 Å². The Morgan fingerprint density at radius 1 is 1.27 bits per heavy atom. The molecule has 2 aromatic carbocycles. The molecule has 6 nitrogen and oxygen atoms in total. The van der Waals surface area contributed by atoms with Crippen molar-refractivity contribution in [2.45, 2.75) is 13.3 Å². The maximum Gasteiger partial charge on any atom is 0.375 e. The molecule has 2 N–H and O–H groups in total. The molecular formula is C14H14NO5PS. The Morgan fingerprint density at radius 2 is 1.95 bits per heavy atom. The van der Waals surface area contributed by atoms with E-state index in [-0.39, 0.29) is 11.4 Å². The van der Waals surface area contributed by atoms with Crippen molar-refractivity contribution in [2.24, 2.45) is 0 Å². The summed E-state index contributed by atoms with van der Waals surface area (Å²) in [6.45, 7) is -1.95. The summed E-state index contributed by atoms with van der Waals surface area (Å²) in [6, 6.07) is 11.3. The number of nitrogens with zero attached hydrogens (tertiary/aromatic N) is 1. The van der Waals surface area contributed by atoms with Crippen LogP contribution in [-0.2, 0) is 18.2 Å². The highest BCUT2D eigenvalue weighted by molar-refractivity contribution is 8.06. The lowest BCUT2D eigenvalue weighted by molar-refractivity contribution is -0.384.